The normalized spacial score (nSPS) is 11.6. The van der Waals surface area contributed by atoms with Gasteiger partial charge in [-0.1, -0.05) is 24.3 Å². The molecular weight excluding hydrogens is 296 g/mol. The minimum absolute atomic E-state index is 1.01. The summed E-state index contributed by atoms with van der Waals surface area (Å²) in [7, 11) is 4.21. The molecule has 4 rings (SSSR count). The van der Waals surface area contributed by atoms with Gasteiger partial charge in [0.1, 0.15) is 11.6 Å². The molecule has 0 aliphatic heterocycles. The zero-order valence-corrected chi connectivity index (χ0v) is 14.2. The molecule has 0 fully saturated rings. The molecule has 0 unspecified atom stereocenters. The van der Waals surface area contributed by atoms with E-state index in [4.69, 9.17) is 9.97 Å². The fourth-order valence-corrected chi connectivity index (χ4v) is 3.40. The average molecular weight is 318 g/mol. The van der Waals surface area contributed by atoms with E-state index < -0.39 is 0 Å². The second-order valence-electron chi connectivity index (χ2n) is 6.36. The SMILES string of the molecule is Cn1c(CCCCc2nc3ccccc3n2C)nc2ccccc21. The highest BCUT2D eigenvalue weighted by molar-refractivity contribution is 5.76. The molecule has 0 atom stereocenters. The highest BCUT2D eigenvalue weighted by Gasteiger charge is 2.09. The summed E-state index contributed by atoms with van der Waals surface area (Å²) < 4.78 is 4.43. The molecule has 2 heterocycles. The van der Waals surface area contributed by atoms with Gasteiger partial charge in [0.05, 0.1) is 22.1 Å². The Bertz CT molecular complexity index is 911. The highest BCUT2D eigenvalue weighted by Crippen LogP contribution is 2.18. The van der Waals surface area contributed by atoms with Crippen molar-refractivity contribution in [1.82, 2.24) is 19.1 Å². The van der Waals surface area contributed by atoms with Gasteiger partial charge in [-0.2, -0.15) is 0 Å². The van der Waals surface area contributed by atoms with Gasteiger partial charge in [0.25, 0.3) is 0 Å². The molecule has 0 amide bonds. The van der Waals surface area contributed by atoms with Crippen LogP contribution in [0.15, 0.2) is 48.5 Å². The Morgan fingerprint density at radius 3 is 1.50 bits per heavy atom. The predicted molar refractivity (Wildman–Crippen MR) is 98.1 cm³/mol. The molecule has 4 nitrogen and oxygen atoms in total. The van der Waals surface area contributed by atoms with Crippen molar-refractivity contribution in [3.8, 4) is 0 Å². The molecule has 4 heteroatoms. The molecular formula is C20H22N4. The first-order valence-electron chi connectivity index (χ1n) is 8.55. The molecule has 0 N–H and O–H groups in total. The van der Waals surface area contributed by atoms with E-state index >= 15 is 0 Å². The van der Waals surface area contributed by atoms with Crippen LogP contribution in [0.5, 0.6) is 0 Å². The predicted octanol–water partition coefficient (Wildman–Crippen LogP) is 4.03. The van der Waals surface area contributed by atoms with Crippen LogP contribution in [0.2, 0.25) is 0 Å². The molecule has 122 valence electrons. The van der Waals surface area contributed by atoms with E-state index in [1.807, 2.05) is 12.1 Å². The van der Waals surface area contributed by atoms with E-state index in [1.54, 1.807) is 0 Å². The van der Waals surface area contributed by atoms with Crippen molar-refractivity contribution in [2.45, 2.75) is 25.7 Å². The van der Waals surface area contributed by atoms with E-state index in [9.17, 15) is 0 Å². The summed E-state index contributed by atoms with van der Waals surface area (Å²) in [6.45, 7) is 0. The summed E-state index contributed by atoms with van der Waals surface area (Å²) in [5.41, 5.74) is 4.60. The molecule has 4 aromatic rings. The highest BCUT2D eigenvalue weighted by atomic mass is 15.1. The Labute approximate surface area is 141 Å². The van der Waals surface area contributed by atoms with Gasteiger partial charge in [-0.25, -0.2) is 9.97 Å². The van der Waals surface area contributed by atoms with Crippen LogP contribution >= 0.6 is 0 Å². The van der Waals surface area contributed by atoms with E-state index in [0.29, 0.717) is 0 Å². The van der Waals surface area contributed by atoms with Gasteiger partial charge in [-0.05, 0) is 37.1 Å². The number of para-hydroxylation sites is 4. The second kappa shape index (κ2) is 6.11. The molecule has 0 saturated heterocycles. The summed E-state index contributed by atoms with van der Waals surface area (Å²) in [4.78, 5) is 9.50. The lowest BCUT2D eigenvalue weighted by Gasteiger charge is -2.04. The van der Waals surface area contributed by atoms with Gasteiger partial charge < -0.3 is 9.13 Å². The van der Waals surface area contributed by atoms with E-state index in [2.05, 4.69) is 59.6 Å². The molecule has 0 saturated carbocycles. The standard InChI is InChI=1S/C20H22N4/c1-23-17-11-5-3-9-15(17)21-19(23)13-7-8-14-20-22-16-10-4-6-12-18(16)24(20)2/h3-6,9-12H,7-8,13-14H2,1-2H3. The van der Waals surface area contributed by atoms with E-state index in [-0.39, 0.29) is 0 Å². The average Bonchev–Trinajstić information content (AvgIpc) is 3.10. The van der Waals surface area contributed by atoms with Crippen LogP contribution in [0.1, 0.15) is 24.5 Å². The lowest BCUT2D eigenvalue weighted by molar-refractivity contribution is 0.659. The lowest BCUT2D eigenvalue weighted by Crippen LogP contribution is -2.01. The summed E-state index contributed by atoms with van der Waals surface area (Å²) in [6, 6.07) is 16.7. The van der Waals surface area contributed by atoms with Crippen molar-refractivity contribution in [1.29, 1.82) is 0 Å². The quantitative estimate of drug-likeness (QED) is 0.521. The Hall–Kier alpha value is -2.62. The minimum atomic E-state index is 1.01. The smallest absolute Gasteiger partial charge is 0.109 e. The first-order chi connectivity index (χ1) is 11.7. The van der Waals surface area contributed by atoms with Crippen LogP contribution in [-0.4, -0.2) is 19.1 Å². The van der Waals surface area contributed by atoms with Gasteiger partial charge in [0.15, 0.2) is 0 Å². The van der Waals surface area contributed by atoms with Gasteiger partial charge in [0, 0.05) is 26.9 Å². The number of hydrogen-bond acceptors (Lipinski definition) is 2. The van der Waals surface area contributed by atoms with Gasteiger partial charge >= 0.3 is 0 Å². The van der Waals surface area contributed by atoms with Crippen LogP contribution in [-0.2, 0) is 26.9 Å². The summed E-state index contributed by atoms with van der Waals surface area (Å²) >= 11 is 0. The fraction of sp³-hybridized carbons (Fsp3) is 0.300. The van der Waals surface area contributed by atoms with Crippen molar-refractivity contribution < 1.29 is 0 Å². The number of hydrogen-bond donors (Lipinski definition) is 0. The minimum Gasteiger partial charge on any atom is -0.331 e. The molecule has 0 aliphatic carbocycles. The lowest BCUT2D eigenvalue weighted by atomic mass is 10.2. The zero-order chi connectivity index (χ0) is 16.5. The summed E-state index contributed by atoms with van der Waals surface area (Å²) in [5, 5.41) is 0. The molecule has 0 aliphatic rings. The monoisotopic (exact) mass is 318 g/mol. The van der Waals surface area contributed by atoms with Crippen LogP contribution in [0.4, 0.5) is 0 Å². The first kappa shape index (κ1) is 14.9. The van der Waals surface area contributed by atoms with E-state index in [0.717, 1.165) is 36.7 Å². The Kier molecular flexibility index (Phi) is 3.81. The number of unbranched alkanes of at least 4 members (excludes halogenated alkanes) is 1. The molecule has 24 heavy (non-hydrogen) atoms. The zero-order valence-electron chi connectivity index (χ0n) is 14.2. The number of fused-ring (bicyclic) bond motifs is 2. The maximum Gasteiger partial charge on any atom is 0.109 e. The van der Waals surface area contributed by atoms with Gasteiger partial charge in [-0.3, -0.25) is 0 Å². The molecule has 2 aromatic carbocycles. The third-order valence-electron chi connectivity index (χ3n) is 4.81. The van der Waals surface area contributed by atoms with Crippen molar-refractivity contribution in [3.63, 3.8) is 0 Å². The van der Waals surface area contributed by atoms with Crippen molar-refractivity contribution in [2.24, 2.45) is 14.1 Å². The Morgan fingerprint density at radius 1 is 0.667 bits per heavy atom. The van der Waals surface area contributed by atoms with Crippen molar-refractivity contribution in [3.05, 3.63) is 60.2 Å². The third-order valence-corrected chi connectivity index (χ3v) is 4.81. The van der Waals surface area contributed by atoms with Crippen LogP contribution in [0, 0.1) is 0 Å². The summed E-state index contributed by atoms with van der Waals surface area (Å²) in [5.74, 6) is 2.34. The number of aromatic nitrogens is 4. The Balaban J connectivity index is 1.41. The number of imidazole rings is 2. The maximum atomic E-state index is 4.75. The third kappa shape index (κ3) is 2.58. The first-order valence-corrected chi connectivity index (χ1v) is 8.55. The topological polar surface area (TPSA) is 35.6 Å². The number of rotatable bonds is 5. The van der Waals surface area contributed by atoms with Crippen molar-refractivity contribution in [2.75, 3.05) is 0 Å². The molecule has 2 aromatic heterocycles. The molecule has 0 spiro atoms. The largest absolute Gasteiger partial charge is 0.331 e. The van der Waals surface area contributed by atoms with Crippen molar-refractivity contribution >= 4 is 22.1 Å². The number of benzene rings is 2. The number of nitrogens with zero attached hydrogens (tertiary/aromatic N) is 4. The molecule has 0 radical (unpaired) electrons. The van der Waals surface area contributed by atoms with E-state index in [1.165, 1.54) is 22.7 Å². The Morgan fingerprint density at radius 2 is 1.08 bits per heavy atom. The fourth-order valence-electron chi connectivity index (χ4n) is 3.40. The number of aryl methyl sites for hydroxylation is 4. The van der Waals surface area contributed by atoms with Gasteiger partial charge in [0.2, 0.25) is 0 Å². The second-order valence-corrected chi connectivity index (χ2v) is 6.36. The van der Waals surface area contributed by atoms with Crippen LogP contribution in [0.25, 0.3) is 22.1 Å². The van der Waals surface area contributed by atoms with Crippen LogP contribution < -0.4 is 0 Å². The maximum absolute atomic E-state index is 4.75. The molecule has 0 bridgehead atoms. The summed E-state index contributed by atoms with van der Waals surface area (Å²) in [6.07, 6.45) is 4.27. The van der Waals surface area contributed by atoms with Crippen LogP contribution in [0.3, 0.4) is 0 Å². The van der Waals surface area contributed by atoms with Gasteiger partial charge in [-0.15, -0.1) is 0 Å².